The highest BCUT2D eigenvalue weighted by Crippen LogP contribution is 2.50. The van der Waals surface area contributed by atoms with Crippen molar-refractivity contribution in [1.82, 2.24) is 0 Å². The molecular formula is C18H20F2IN3. The van der Waals surface area contributed by atoms with Crippen LogP contribution in [0, 0.1) is 18.6 Å². The van der Waals surface area contributed by atoms with E-state index in [1.54, 1.807) is 0 Å². The Kier molecular flexibility index (Phi) is 5.79. The minimum absolute atomic E-state index is 0. The Hall–Kier alpha value is -1.70. The maximum Gasteiger partial charge on any atom is 0.193 e. The summed E-state index contributed by atoms with van der Waals surface area (Å²) in [5.41, 5.74) is 7.44. The summed E-state index contributed by atoms with van der Waals surface area (Å²) in [6.45, 7) is 2.27. The van der Waals surface area contributed by atoms with E-state index in [-0.39, 0.29) is 42.0 Å². The van der Waals surface area contributed by atoms with Gasteiger partial charge in [0.15, 0.2) is 5.96 Å². The molecule has 0 bridgehead atoms. The fraction of sp³-hybridized carbons (Fsp3) is 0.278. The van der Waals surface area contributed by atoms with Crippen LogP contribution in [0.1, 0.15) is 24.0 Å². The van der Waals surface area contributed by atoms with Crippen LogP contribution in [0.5, 0.6) is 0 Å². The van der Waals surface area contributed by atoms with Crippen LogP contribution in [0.3, 0.4) is 0 Å². The van der Waals surface area contributed by atoms with Crippen molar-refractivity contribution in [3.63, 3.8) is 0 Å². The second-order valence-electron chi connectivity index (χ2n) is 6.07. The number of guanidine groups is 1. The first-order valence-corrected chi connectivity index (χ1v) is 7.58. The summed E-state index contributed by atoms with van der Waals surface area (Å²) in [6.07, 6.45) is 1.43. The lowest BCUT2D eigenvalue weighted by Crippen LogP contribution is -2.25. The van der Waals surface area contributed by atoms with Gasteiger partial charge >= 0.3 is 0 Å². The standard InChI is InChI=1S/C18H19F2N3.HI/c1-12-5-7-13(8-6-12)23-17(21)22-11-18(9-10-18)16-14(19)3-2-4-15(16)20;/h2-8H,9-11H2,1H3,(H3,21,22,23);1H. The topological polar surface area (TPSA) is 50.4 Å². The number of nitrogens with two attached hydrogens (primary N) is 1. The van der Waals surface area contributed by atoms with E-state index in [9.17, 15) is 8.78 Å². The fourth-order valence-electron chi connectivity index (χ4n) is 2.70. The van der Waals surface area contributed by atoms with Crippen LogP contribution in [0.15, 0.2) is 47.5 Å². The molecule has 0 unspecified atom stereocenters. The maximum absolute atomic E-state index is 14.0. The Labute approximate surface area is 157 Å². The number of aryl methyl sites for hydroxylation is 1. The molecule has 1 saturated carbocycles. The summed E-state index contributed by atoms with van der Waals surface area (Å²) in [5.74, 6) is -0.776. The quantitative estimate of drug-likeness (QED) is 0.420. The Balaban J connectivity index is 0.00000208. The summed E-state index contributed by atoms with van der Waals surface area (Å²) >= 11 is 0. The van der Waals surface area contributed by atoms with Crippen LogP contribution in [-0.2, 0) is 5.41 Å². The van der Waals surface area contributed by atoms with Crippen molar-refractivity contribution < 1.29 is 8.78 Å². The molecule has 3 rings (SSSR count). The van der Waals surface area contributed by atoms with Gasteiger partial charge in [0.25, 0.3) is 0 Å². The van der Waals surface area contributed by atoms with E-state index in [0.717, 1.165) is 11.3 Å². The Morgan fingerprint density at radius 3 is 2.25 bits per heavy atom. The van der Waals surface area contributed by atoms with Gasteiger partial charge in [-0.2, -0.15) is 0 Å². The van der Waals surface area contributed by atoms with Gasteiger partial charge in [-0.25, -0.2) is 8.78 Å². The lowest BCUT2D eigenvalue weighted by Gasteiger charge is -2.15. The fourth-order valence-corrected chi connectivity index (χ4v) is 2.70. The molecule has 0 aromatic heterocycles. The molecule has 0 spiro atoms. The average Bonchev–Trinajstić information content (AvgIpc) is 3.28. The highest BCUT2D eigenvalue weighted by Gasteiger charge is 2.47. The molecule has 0 saturated heterocycles. The van der Waals surface area contributed by atoms with Gasteiger partial charge in [-0.05, 0) is 44.0 Å². The smallest absolute Gasteiger partial charge is 0.193 e. The normalized spacial score (nSPS) is 15.5. The monoisotopic (exact) mass is 443 g/mol. The summed E-state index contributed by atoms with van der Waals surface area (Å²) in [6, 6.07) is 11.7. The third kappa shape index (κ3) is 4.03. The zero-order chi connectivity index (χ0) is 16.4. The van der Waals surface area contributed by atoms with Gasteiger partial charge in [0, 0.05) is 16.7 Å². The van der Waals surface area contributed by atoms with Crippen molar-refractivity contribution >= 4 is 35.6 Å². The molecule has 0 amide bonds. The lowest BCUT2D eigenvalue weighted by molar-refractivity contribution is 0.517. The van der Waals surface area contributed by atoms with E-state index in [1.807, 2.05) is 31.2 Å². The van der Waals surface area contributed by atoms with Crippen LogP contribution in [0.25, 0.3) is 0 Å². The molecular weight excluding hydrogens is 423 g/mol. The predicted molar refractivity (Wildman–Crippen MR) is 104 cm³/mol. The predicted octanol–water partition coefficient (Wildman–Crippen LogP) is 4.35. The van der Waals surface area contributed by atoms with Crippen molar-refractivity contribution in [1.29, 1.82) is 0 Å². The number of rotatable bonds is 4. The van der Waals surface area contributed by atoms with E-state index in [4.69, 9.17) is 5.73 Å². The van der Waals surface area contributed by atoms with E-state index in [1.165, 1.54) is 18.2 Å². The van der Waals surface area contributed by atoms with Crippen molar-refractivity contribution in [2.24, 2.45) is 10.7 Å². The zero-order valence-electron chi connectivity index (χ0n) is 13.4. The van der Waals surface area contributed by atoms with Crippen LogP contribution in [0.4, 0.5) is 14.5 Å². The number of hydrogen-bond acceptors (Lipinski definition) is 1. The summed E-state index contributed by atoms with van der Waals surface area (Å²) < 4.78 is 27.9. The first-order chi connectivity index (χ1) is 11.0. The molecule has 3 N–H and O–H groups in total. The minimum Gasteiger partial charge on any atom is -0.370 e. The molecule has 1 aliphatic carbocycles. The molecule has 2 aromatic carbocycles. The molecule has 0 radical (unpaired) electrons. The molecule has 1 aliphatic rings. The second-order valence-corrected chi connectivity index (χ2v) is 6.07. The van der Waals surface area contributed by atoms with E-state index in [0.29, 0.717) is 12.8 Å². The molecule has 2 aromatic rings. The first-order valence-electron chi connectivity index (χ1n) is 7.58. The van der Waals surface area contributed by atoms with Crippen LogP contribution < -0.4 is 11.1 Å². The largest absolute Gasteiger partial charge is 0.370 e. The number of nitrogens with one attached hydrogen (secondary N) is 1. The van der Waals surface area contributed by atoms with Gasteiger partial charge in [0.1, 0.15) is 11.6 Å². The van der Waals surface area contributed by atoms with Crippen molar-refractivity contribution in [3.8, 4) is 0 Å². The molecule has 0 heterocycles. The van der Waals surface area contributed by atoms with Gasteiger partial charge < -0.3 is 11.1 Å². The highest BCUT2D eigenvalue weighted by atomic mass is 127. The molecule has 24 heavy (non-hydrogen) atoms. The van der Waals surface area contributed by atoms with Gasteiger partial charge in [0.2, 0.25) is 0 Å². The highest BCUT2D eigenvalue weighted by molar-refractivity contribution is 14.0. The molecule has 0 aliphatic heterocycles. The Morgan fingerprint density at radius 1 is 1.12 bits per heavy atom. The van der Waals surface area contributed by atoms with Gasteiger partial charge in [-0.15, -0.1) is 24.0 Å². The van der Waals surface area contributed by atoms with Crippen molar-refractivity contribution in [2.75, 3.05) is 11.9 Å². The summed E-state index contributed by atoms with van der Waals surface area (Å²) in [7, 11) is 0. The van der Waals surface area contributed by atoms with Crippen LogP contribution >= 0.6 is 24.0 Å². The molecule has 128 valence electrons. The lowest BCUT2D eigenvalue weighted by atomic mass is 9.95. The van der Waals surface area contributed by atoms with Gasteiger partial charge in [-0.1, -0.05) is 23.8 Å². The molecule has 1 fully saturated rings. The van der Waals surface area contributed by atoms with Crippen molar-refractivity contribution in [3.05, 3.63) is 65.2 Å². The van der Waals surface area contributed by atoms with Gasteiger partial charge in [-0.3, -0.25) is 4.99 Å². The molecule has 0 atom stereocenters. The van der Waals surface area contributed by atoms with Crippen molar-refractivity contribution in [2.45, 2.75) is 25.2 Å². The third-order valence-electron chi connectivity index (χ3n) is 4.22. The second kappa shape index (κ2) is 7.46. The summed E-state index contributed by atoms with van der Waals surface area (Å²) in [5, 5.41) is 2.99. The van der Waals surface area contributed by atoms with E-state index >= 15 is 0 Å². The van der Waals surface area contributed by atoms with Crippen LogP contribution in [-0.4, -0.2) is 12.5 Å². The van der Waals surface area contributed by atoms with Crippen LogP contribution in [0.2, 0.25) is 0 Å². The number of hydrogen-bond donors (Lipinski definition) is 2. The van der Waals surface area contributed by atoms with E-state index in [2.05, 4.69) is 10.3 Å². The maximum atomic E-state index is 14.0. The molecule has 3 nitrogen and oxygen atoms in total. The van der Waals surface area contributed by atoms with E-state index < -0.39 is 17.0 Å². The number of aliphatic imine (C=N–C) groups is 1. The number of nitrogens with zero attached hydrogens (tertiary/aromatic N) is 1. The third-order valence-corrected chi connectivity index (χ3v) is 4.22. The number of halogens is 3. The average molecular weight is 443 g/mol. The molecule has 6 heteroatoms. The number of benzene rings is 2. The summed E-state index contributed by atoms with van der Waals surface area (Å²) in [4.78, 5) is 4.28. The SMILES string of the molecule is Cc1ccc(NC(N)=NCC2(c3c(F)cccc3F)CC2)cc1.I. The number of anilines is 1. The Morgan fingerprint density at radius 2 is 1.71 bits per heavy atom. The first kappa shape index (κ1) is 18.6. The minimum atomic E-state index is -0.561. The Bertz CT molecular complexity index is 720. The zero-order valence-corrected chi connectivity index (χ0v) is 15.7. The van der Waals surface area contributed by atoms with Gasteiger partial charge in [0.05, 0.1) is 6.54 Å².